The summed E-state index contributed by atoms with van der Waals surface area (Å²) in [6, 6.07) is 8.98. The Hall–Kier alpha value is -0.300. The molecule has 0 aromatic heterocycles. The fourth-order valence-electron chi connectivity index (χ4n) is 3.16. The molecule has 1 heteroatoms. The molecule has 0 fully saturated rings. The summed E-state index contributed by atoms with van der Waals surface area (Å²) in [6.07, 6.45) is 13.6. The molecule has 1 aromatic rings. The first kappa shape index (κ1) is 18.7. The van der Waals surface area contributed by atoms with Gasteiger partial charge in [0, 0.05) is 4.47 Å². The van der Waals surface area contributed by atoms with Crippen LogP contribution in [0.4, 0.5) is 0 Å². The molecular weight excluding hydrogens is 320 g/mol. The van der Waals surface area contributed by atoms with Gasteiger partial charge in [-0.25, -0.2) is 0 Å². The van der Waals surface area contributed by atoms with E-state index in [1.165, 1.54) is 74.2 Å². The lowest BCUT2D eigenvalue weighted by Gasteiger charge is -2.31. The molecule has 0 bridgehead atoms. The Morgan fingerprint density at radius 1 is 0.857 bits per heavy atom. The molecule has 0 saturated carbocycles. The molecule has 0 spiro atoms. The number of hydrogen-bond acceptors (Lipinski definition) is 0. The first-order valence-corrected chi connectivity index (χ1v) is 9.67. The fraction of sp³-hybridized carbons (Fsp3) is 0.700. The minimum Gasteiger partial charge on any atom is -0.0654 e. The topological polar surface area (TPSA) is 0 Å². The number of benzene rings is 1. The molecule has 0 aliphatic rings. The highest BCUT2D eigenvalue weighted by atomic mass is 79.9. The SMILES string of the molecule is CCCCCCCC(C)(CCCCC)c1cccc(Br)c1. The molecule has 0 radical (unpaired) electrons. The van der Waals surface area contributed by atoms with Crippen LogP contribution in [0.15, 0.2) is 28.7 Å². The molecule has 120 valence electrons. The van der Waals surface area contributed by atoms with Crippen molar-refractivity contribution in [3.05, 3.63) is 34.3 Å². The molecule has 0 saturated heterocycles. The summed E-state index contributed by atoms with van der Waals surface area (Å²) < 4.78 is 1.22. The average Bonchev–Trinajstić information content (AvgIpc) is 2.47. The maximum Gasteiger partial charge on any atom is 0.0178 e. The summed E-state index contributed by atoms with van der Waals surface area (Å²) >= 11 is 3.64. The minimum atomic E-state index is 0.352. The summed E-state index contributed by atoms with van der Waals surface area (Å²) in [6.45, 7) is 7.06. The molecule has 0 aliphatic carbocycles. The van der Waals surface area contributed by atoms with Crippen molar-refractivity contribution in [1.82, 2.24) is 0 Å². The molecule has 0 heterocycles. The normalized spacial score (nSPS) is 14.1. The molecule has 0 nitrogen and oxygen atoms in total. The second-order valence-corrected chi connectivity index (χ2v) is 7.61. The van der Waals surface area contributed by atoms with Gasteiger partial charge in [0.2, 0.25) is 0 Å². The van der Waals surface area contributed by atoms with Crippen LogP contribution in [0.3, 0.4) is 0 Å². The number of hydrogen-bond donors (Lipinski definition) is 0. The van der Waals surface area contributed by atoms with Crippen molar-refractivity contribution in [1.29, 1.82) is 0 Å². The molecule has 1 unspecified atom stereocenters. The van der Waals surface area contributed by atoms with Gasteiger partial charge >= 0.3 is 0 Å². The van der Waals surface area contributed by atoms with Gasteiger partial charge in [0.25, 0.3) is 0 Å². The van der Waals surface area contributed by atoms with E-state index >= 15 is 0 Å². The van der Waals surface area contributed by atoms with E-state index in [2.05, 4.69) is 61.0 Å². The number of rotatable bonds is 11. The lowest BCUT2D eigenvalue weighted by atomic mass is 9.74. The lowest BCUT2D eigenvalue weighted by Crippen LogP contribution is -2.22. The van der Waals surface area contributed by atoms with Crippen molar-refractivity contribution in [2.75, 3.05) is 0 Å². The summed E-state index contributed by atoms with van der Waals surface area (Å²) in [5.41, 5.74) is 1.87. The Morgan fingerprint density at radius 3 is 2.05 bits per heavy atom. The van der Waals surface area contributed by atoms with Gasteiger partial charge in [0.1, 0.15) is 0 Å². The van der Waals surface area contributed by atoms with E-state index in [0.29, 0.717) is 5.41 Å². The Balaban J connectivity index is 2.65. The summed E-state index contributed by atoms with van der Waals surface area (Å²) in [7, 11) is 0. The van der Waals surface area contributed by atoms with Crippen LogP contribution in [0.5, 0.6) is 0 Å². The zero-order chi connectivity index (χ0) is 15.6. The zero-order valence-electron chi connectivity index (χ0n) is 14.3. The second-order valence-electron chi connectivity index (χ2n) is 6.69. The van der Waals surface area contributed by atoms with E-state index in [4.69, 9.17) is 0 Å². The highest BCUT2D eigenvalue weighted by Gasteiger charge is 2.25. The molecule has 21 heavy (non-hydrogen) atoms. The quantitative estimate of drug-likeness (QED) is 0.358. The third kappa shape index (κ3) is 7.00. The predicted molar refractivity (Wildman–Crippen MR) is 99.0 cm³/mol. The van der Waals surface area contributed by atoms with Crippen molar-refractivity contribution in [3.63, 3.8) is 0 Å². The first-order valence-electron chi connectivity index (χ1n) is 8.88. The summed E-state index contributed by atoms with van der Waals surface area (Å²) in [5.74, 6) is 0. The van der Waals surface area contributed by atoms with Crippen molar-refractivity contribution < 1.29 is 0 Å². The lowest BCUT2D eigenvalue weighted by molar-refractivity contribution is 0.365. The Morgan fingerprint density at radius 2 is 1.43 bits per heavy atom. The highest BCUT2D eigenvalue weighted by molar-refractivity contribution is 9.10. The second kappa shape index (κ2) is 10.4. The Kier molecular flexibility index (Phi) is 9.31. The van der Waals surface area contributed by atoms with Gasteiger partial charge in [0.15, 0.2) is 0 Å². The van der Waals surface area contributed by atoms with Crippen LogP contribution in [0.2, 0.25) is 0 Å². The van der Waals surface area contributed by atoms with E-state index in [-0.39, 0.29) is 0 Å². The van der Waals surface area contributed by atoms with Crippen LogP contribution in [-0.2, 0) is 5.41 Å². The van der Waals surface area contributed by atoms with Gasteiger partial charge in [-0.2, -0.15) is 0 Å². The van der Waals surface area contributed by atoms with Gasteiger partial charge in [-0.3, -0.25) is 0 Å². The monoisotopic (exact) mass is 352 g/mol. The molecular formula is C20H33Br. The van der Waals surface area contributed by atoms with Gasteiger partial charge < -0.3 is 0 Å². The maximum absolute atomic E-state index is 3.64. The van der Waals surface area contributed by atoms with Gasteiger partial charge in [0.05, 0.1) is 0 Å². The fourth-order valence-corrected chi connectivity index (χ4v) is 3.56. The van der Waals surface area contributed by atoms with Crippen LogP contribution >= 0.6 is 15.9 Å². The molecule has 0 amide bonds. The molecule has 0 aliphatic heterocycles. The van der Waals surface area contributed by atoms with E-state index in [1.54, 1.807) is 0 Å². The van der Waals surface area contributed by atoms with Crippen LogP contribution in [-0.4, -0.2) is 0 Å². The van der Waals surface area contributed by atoms with Crippen molar-refractivity contribution >= 4 is 15.9 Å². The van der Waals surface area contributed by atoms with Crippen LogP contribution in [0.1, 0.15) is 90.5 Å². The van der Waals surface area contributed by atoms with E-state index in [9.17, 15) is 0 Å². The van der Waals surface area contributed by atoms with Gasteiger partial charge in [-0.05, 0) is 36.0 Å². The highest BCUT2D eigenvalue weighted by Crippen LogP contribution is 2.36. The molecule has 1 aromatic carbocycles. The smallest absolute Gasteiger partial charge is 0.0178 e. The van der Waals surface area contributed by atoms with Gasteiger partial charge in [-0.15, -0.1) is 0 Å². The Labute approximate surface area is 140 Å². The summed E-state index contributed by atoms with van der Waals surface area (Å²) in [5, 5.41) is 0. The van der Waals surface area contributed by atoms with Crippen molar-refractivity contribution in [3.8, 4) is 0 Å². The van der Waals surface area contributed by atoms with Crippen LogP contribution < -0.4 is 0 Å². The van der Waals surface area contributed by atoms with Crippen molar-refractivity contribution in [2.45, 2.75) is 90.4 Å². The average molecular weight is 353 g/mol. The van der Waals surface area contributed by atoms with E-state index in [1.807, 2.05) is 0 Å². The standard InChI is InChI=1S/C20H33Br/c1-4-6-8-9-11-16-20(3,15-10-7-5-2)18-13-12-14-19(21)17-18/h12-14,17H,4-11,15-16H2,1-3H3. The van der Waals surface area contributed by atoms with Crippen LogP contribution in [0, 0.1) is 0 Å². The molecule has 1 atom stereocenters. The third-order valence-electron chi connectivity index (χ3n) is 4.69. The largest absolute Gasteiger partial charge is 0.0654 e. The van der Waals surface area contributed by atoms with E-state index < -0.39 is 0 Å². The van der Waals surface area contributed by atoms with Crippen LogP contribution in [0.25, 0.3) is 0 Å². The van der Waals surface area contributed by atoms with E-state index in [0.717, 1.165) is 0 Å². The molecule has 1 rings (SSSR count). The summed E-state index contributed by atoms with van der Waals surface area (Å²) in [4.78, 5) is 0. The minimum absolute atomic E-state index is 0.352. The number of unbranched alkanes of at least 4 members (excludes halogenated alkanes) is 6. The number of halogens is 1. The predicted octanol–water partition coefficient (Wildman–Crippen LogP) is 7.65. The Bertz CT molecular complexity index is 385. The van der Waals surface area contributed by atoms with Gasteiger partial charge in [-0.1, -0.05) is 100 Å². The zero-order valence-corrected chi connectivity index (χ0v) is 15.8. The maximum atomic E-state index is 3.64. The first-order chi connectivity index (χ1) is 10.1. The third-order valence-corrected chi connectivity index (χ3v) is 5.18. The van der Waals surface area contributed by atoms with Crippen molar-refractivity contribution in [2.24, 2.45) is 0 Å². The molecule has 0 N–H and O–H groups in total.